The molecule has 246 valence electrons. The fourth-order valence-corrected chi connectivity index (χ4v) is 5.54. The average molecular weight is 658 g/mol. The van der Waals surface area contributed by atoms with Gasteiger partial charge in [0.1, 0.15) is 24.2 Å². The second kappa shape index (κ2) is 16.0. The zero-order valence-corrected chi connectivity index (χ0v) is 25.9. The maximum Gasteiger partial charge on any atom is 0.322 e. The number of rotatable bonds is 12. The zero-order chi connectivity index (χ0) is 33.2. The third-order valence-corrected chi connectivity index (χ3v) is 7.73. The standard InChI is InChI=1S/C24H27ClN6O3.C6H9NO5/c1-2-3-8-19-29-22(25)21(24(34)28-13-20(32)33)31(19)14-15-9-11-16(12-10-15)17-6-4-5-7-18(17)23(26)30-27;8-7(9)12-5-3-11-4-1-2-10-6(4)5/h4-7,9-12H,2-3,8,13-14,27H2,1H3,(H2,26,30)(H,28,34)(H,32,33);4-6H,1-3H2/t;4-,5-,6+/m.1/s1. The Balaban J connectivity index is 0.000000331. The fraction of sp³-hybridized carbons (Fsp3) is 0.400. The molecule has 2 aliphatic rings. The minimum absolute atomic E-state index is 0.00468. The molecule has 2 fully saturated rings. The zero-order valence-electron chi connectivity index (χ0n) is 25.1. The van der Waals surface area contributed by atoms with Gasteiger partial charge in [0.15, 0.2) is 17.1 Å². The van der Waals surface area contributed by atoms with Crippen LogP contribution in [0.4, 0.5) is 0 Å². The van der Waals surface area contributed by atoms with Gasteiger partial charge in [0.05, 0.1) is 12.7 Å². The fourth-order valence-electron chi connectivity index (χ4n) is 5.25. The summed E-state index contributed by atoms with van der Waals surface area (Å²) in [6.45, 7) is 2.77. The van der Waals surface area contributed by atoms with E-state index in [1.54, 1.807) is 4.57 Å². The van der Waals surface area contributed by atoms with Crippen molar-refractivity contribution < 1.29 is 34.1 Å². The van der Waals surface area contributed by atoms with Gasteiger partial charge in [-0.15, -0.1) is 10.1 Å². The number of hydrogen-bond donors (Lipinski definition) is 4. The van der Waals surface area contributed by atoms with E-state index in [0.29, 0.717) is 25.4 Å². The number of hydrogen-bond acceptors (Lipinski definition) is 10. The minimum atomic E-state index is -1.14. The molecule has 6 N–H and O–H groups in total. The van der Waals surface area contributed by atoms with Gasteiger partial charge in [-0.3, -0.25) is 9.59 Å². The number of fused-ring (bicyclic) bond motifs is 1. The lowest BCUT2D eigenvalue weighted by molar-refractivity contribution is -0.769. The van der Waals surface area contributed by atoms with Crippen molar-refractivity contribution in [2.75, 3.05) is 19.8 Å². The molecule has 0 unspecified atom stereocenters. The van der Waals surface area contributed by atoms with Crippen LogP contribution in [0.15, 0.2) is 53.6 Å². The van der Waals surface area contributed by atoms with E-state index in [9.17, 15) is 19.7 Å². The first-order valence-corrected chi connectivity index (χ1v) is 15.0. The first-order valence-electron chi connectivity index (χ1n) is 14.6. The number of ether oxygens (including phenoxy) is 2. The number of aliphatic carboxylic acids is 1. The number of imidazole rings is 1. The van der Waals surface area contributed by atoms with Gasteiger partial charge in [0.25, 0.3) is 11.0 Å². The number of benzene rings is 2. The third kappa shape index (κ3) is 8.50. The first-order chi connectivity index (χ1) is 22.1. The van der Waals surface area contributed by atoms with E-state index < -0.39 is 29.6 Å². The number of carbonyl (C=O) groups is 2. The Morgan fingerprint density at radius 1 is 1.24 bits per heavy atom. The Morgan fingerprint density at radius 2 is 1.98 bits per heavy atom. The Morgan fingerprint density at radius 3 is 2.65 bits per heavy atom. The van der Waals surface area contributed by atoms with Gasteiger partial charge in [0, 0.05) is 25.1 Å². The van der Waals surface area contributed by atoms with Crippen molar-refractivity contribution in [1.82, 2.24) is 14.9 Å². The van der Waals surface area contributed by atoms with Crippen molar-refractivity contribution >= 4 is 29.3 Å². The number of nitrogens with one attached hydrogen (secondary N) is 1. The van der Waals surface area contributed by atoms with Crippen LogP contribution in [-0.2, 0) is 32.1 Å². The number of aryl methyl sites for hydroxylation is 1. The predicted molar refractivity (Wildman–Crippen MR) is 168 cm³/mol. The predicted octanol–water partition coefficient (Wildman–Crippen LogP) is 2.74. The summed E-state index contributed by atoms with van der Waals surface area (Å²) in [6, 6.07) is 15.3. The molecule has 0 aliphatic carbocycles. The summed E-state index contributed by atoms with van der Waals surface area (Å²) in [7, 11) is 0. The van der Waals surface area contributed by atoms with Gasteiger partial charge in [-0.05, 0) is 29.5 Å². The molecule has 15 nitrogen and oxygen atoms in total. The van der Waals surface area contributed by atoms with Crippen LogP contribution in [0.25, 0.3) is 11.1 Å². The summed E-state index contributed by atoms with van der Waals surface area (Å²) in [6.07, 6.45) is 2.50. The van der Waals surface area contributed by atoms with E-state index in [-0.39, 0.29) is 35.5 Å². The number of unbranched alkanes of at least 4 members (excludes halogenated alkanes) is 1. The quantitative estimate of drug-likeness (QED) is 0.0729. The summed E-state index contributed by atoms with van der Waals surface area (Å²) in [5.74, 6) is 4.56. The lowest BCUT2D eigenvalue weighted by Crippen LogP contribution is -2.31. The van der Waals surface area contributed by atoms with E-state index in [2.05, 4.69) is 27.2 Å². The SMILES string of the molecule is CCCCc1nc(Cl)c(C(=O)NCC(=O)O)n1Cc1ccc(-c2ccccc2/C(N)=N/N)cc1.O=[N+]([O-])O[C@@H]1CO[C@@H]2CCO[C@@H]21. The number of amides is 1. The summed E-state index contributed by atoms with van der Waals surface area (Å²) in [5.41, 5.74) is 9.56. The lowest BCUT2D eigenvalue weighted by atomic mass is 9.98. The van der Waals surface area contributed by atoms with Crippen LogP contribution < -0.4 is 16.9 Å². The van der Waals surface area contributed by atoms with Crippen LogP contribution in [0.5, 0.6) is 0 Å². The molecule has 5 rings (SSSR count). The molecule has 1 aromatic heterocycles. The second-order valence-electron chi connectivity index (χ2n) is 10.6. The smallest absolute Gasteiger partial charge is 0.322 e. The Kier molecular flexibility index (Phi) is 11.9. The second-order valence-corrected chi connectivity index (χ2v) is 10.9. The average Bonchev–Trinajstić information content (AvgIpc) is 3.75. The molecule has 3 atom stereocenters. The molecule has 0 spiro atoms. The maximum atomic E-state index is 12.7. The number of aromatic nitrogens is 2. The normalized spacial score (nSPS) is 18.7. The number of nitrogens with zero attached hydrogens (tertiary/aromatic N) is 4. The Hall–Kier alpha value is -4.73. The van der Waals surface area contributed by atoms with Crippen molar-refractivity contribution in [2.24, 2.45) is 16.7 Å². The molecule has 0 bridgehead atoms. The molecule has 3 aromatic rings. The van der Waals surface area contributed by atoms with Gasteiger partial charge >= 0.3 is 5.97 Å². The van der Waals surface area contributed by atoms with Crippen molar-refractivity contribution in [3.63, 3.8) is 0 Å². The van der Waals surface area contributed by atoms with E-state index in [1.807, 2.05) is 48.5 Å². The molecule has 3 heterocycles. The molecule has 16 heteroatoms. The van der Waals surface area contributed by atoms with Crippen LogP contribution in [0, 0.1) is 10.1 Å². The highest BCUT2D eigenvalue weighted by Crippen LogP contribution is 2.28. The summed E-state index contributed by atoms with van der Waals surface area (Å²) < 4.78 is 12.2. The number of carbonyl (C=O) groups excluding carboxylic acids is 1. The van der Waals surface area contributed by atoms with E-state index in [1.165, 1.54) is 0 Å². The molecular weight excluding hydrogens is 622 g/mol. The van der Waals surface area contributed by atoms with Crippen molar-refractivity contribution in [2.45, 2.75) is 57.5 Å². The number of carboxylic acids is 1. The maximum absolute atomic E-state index is 12.7. The summed E-state index contributed by atoms with van der Waals surface area (Å²) >= 11 is 6.30. The summed E-state index contributed by atoms with van der Waals surface area (Å²) in [5, 5.41) is 24.2. The van der Waals surface area contributed by atoms with Crippen molar-refractivity contribution in [3.8, 4) is 11.1 Å². The van der Waals surface area contributed by atoms with Gasteiger partial charge < -0.3 is 40.9 Å². The highest BCUT2D eigenvalue weighted by molar-refractivity contribution is 6.32. The van der Waals surface area contributed by atoms with Crippen molar-refractivity contribution in [1.29, 1.82) is 0 Å². The minimum Gasteiger partial charge on any atom is -0.480 e. The van der Waals surface area contributed by atoms with Crippen LogP contribution in [0.2, 0.25) is 5.15 Å². The van der Waals surface area contributed by atoms with Gasteiger partial charge in [-0.1, -0.05) is 73.5 Å². The largest absolute Gasteiger partial charge is 0.480 e. The third-order valence-electron chi connectivity index (χ3n) is 7.46. The molecule has 0 saturated carbocycles. The highest BCUT2D eigenvalue weighted by Gasteiger charge is 2.43. The monoisotopic (exact) mass is 657 g/mol. The molecule has 2 aliphatic heterocycles. The molecule has 2 saturated heterocycles. The number of hydrazone groups is 1. The van der Waals surface area contributed by atoms with Gasteiger partial charge in [0.2, 0.25) is 0 Å². The Labute approximate surface area is 269 Å². The molecule has 46 heavy (non-hydrogen) atoms. The molecule has 1 amide bonds. The molecule has 2 aromatic carbocycles. The van der Waals surface area contributed by atoms with Crippen LogP contribution in [0.1, 0.15) is 53.6 Å². The number of carboxylic acid groups (broad SMARTS) is 1. The molecule has 0 radical (unpaired) electrons. The highest BCUT2D eigenvalue weighted by atomic mass is 35.5. The summed E-state index contributed by atoms with van der Waals surface area (Å²) in [4.78, 5) is 42.4. The topological polar surface area (TPSA) is 219 Å². The Bertz CT molecular complexity index is 1560. The number of nitrogens with two attached hydrogens (primary N) is 2. The van der Waals surface area contributed by atoms with Crippen LogP contribution >= 0.6 is 11.6 Å². The van der Waals surface area contributed by atoms with Crippen LogP contribution in [-0.4, -0.2) is 75.5 Å². The lowest BCUT2D eigenvalue weighted by Gasteiger charge is -2.13. The van der Waals surface area contributed by atoms with E-state index in [0.717, 1.165) is 41.5 Å². The van der Waals surface area contributed by atoms with Crippen LogP contribution in [0.3, 0.4) is 0 Å². The number of amidine groups is 1. The van der Waals surface area contributed by atoms with Crippen molar-refractivity contribution in [3.05, 3.63) is 86.4 Å². The van der Waals surface area contributed by atoms with E-state index >= 15 is 0 Å². The van der Waals surface area contributed by atoms with Gasteiger partial charge in [-0.2, -0.15) is 5.10 Å². The number of halogens is 1. The first kappa shape index (κ1) is 34.1. The molecular formula is C30H36ClN7O8. The van der Waals surface area contributed by atoms with E-state index in [4.69, 9.17) is 37.8 Å². The van der Waals surface area contributed by atoms with Gasteiger partial charge in [-0.25, -0.2) is 4.98 Å².